The van der Waals surface area contributed by atoms with E-state index in [9.17, 15) is 9.90 Å². The fraction of sp³-hybridized carbons (Fsp3) is 0.333. The smallest absolute Gasteiger partial charge is 0.355 e. The first-order chi connectivity index (χ1) is 7.88. The predicted molar refractivity (Wildman–Crippen MR) is 67.8 cm³/mol. The normalized spacial score (nSPS) is 11.9. The molecule has 17 heavy (non-hydrogen) atoms. The lowest BCUT2D eigenvalue weighted by Crippen LogP contribution is -2.10. The highest BCUT2D eigenvalue weighted by Gasteiger charge is 2.23. The van der Waals surface area contributed by atoms with Crippen LogP contribution in [0.2, 0.25) is 0 Å². The SMILES string of the molecule is CC(C)(C)Sc1nc2ccccn2c1C(=O)O. The molecule has 5 heteroatoms. The average molecular weight is 250 g/mol. The first-order valence-electron chi connectivity index (χ1n) is 5.28. The summed E-state index contributed by atoms with van der Waals surface area (Å²) >= 11 is 1.47. The molecule has 2 aromatic heterocycles. The summed E-state index contributed by atoms with van der Waals surface area (Å²) in [6.07, 6.45) is 1.72. The fourth-order valence-electron chi connectivity index (χ4n) is 1.53. The number of pyridine rings is 1. The lowest BCUT2D eigenvalue weighted by Gasteiger charge is -2.15. The van der Waals surface area contributed by atoms with Crippen LogP contribution in [-0.4, -0.2) is 25.2 Å². The summed E-state index contributed by atoms with van der Waals surface area (Å²) in [5.41, 5.74) is 0.900. The molecule has 0 bridgehead atoms. The Labute approximate surface area is 104 Å². The topological polar surface area (TPSA) is 54.6 Å². The summed E-state index contributed by atoms with van der Waals surface area (Å²) in [5, 5.41) is 9.84. The van der Waals surface area contributed by atoms with E-state index < -0.39 is 5.97 Å². The third-order valence-corrected chi connectivity index (χ3v) is 3.19. The van der Waals surface area contributed by atoms with Crippen molar-refractivity contribution in [3.05, 3.63) is 30.1 Å². The second-order valence-corrected chi connectivity index (χ2v) is 6.53. The van der Waals surface area contributed by atoms with Crippen molar-refractivity contribution in [2.24, 2.45) is 0 Å². The summed E-state index contributed by atoms with van der Waals surface area (Å²) in [5.74, 6) is -0.949. The number of imidazole rings is 1. The Bertz CT molecular complexity index is 569. The van der Waals surface area contributed by atoms with Crippen molar-refractivity contribution < 1.29 is 9.90 Å². The molecule has 0 aliphatic rings. The number of aromatic carboxylic acids is 1. The highest BCUT2D eigenvalue weighted by molar-refractivity contribution is 8.00. The quantitative estimate of drug-likeness (QED) is 0.833. The second kappa shape index (κ2) is 4.07. The molecule has 0 spiro atoms. The molecule has 90 valence electrons. The highest BCUT2D eigenvalue weighted by atomic mass is 32.2. The summed E-state index contributed by atoms with van der Waals surface area (Å²) in [6, 6.07) is 5.45. The van der Waals surface area contributed by atoms with Crippen LogP contribution >= 0.6 is 11.8 Å². The molecular formula is C12H14N2O2S. The number of rotatable bonds is 2. The molecule has 0 aliphatic carbocycles. The van der Waals surface area contributed by atoms with Crippen molar-refractivity contribution in [2.45, 2.75) is 30.5 Å². The maximum atomic E-state index is 11.3. The van der Waals surface area contributed by atoms with Gasteiger partial charge in [-0.2, -0.15) is 0 Å². The molecule has 2 heterocycles. The summed E-state index contributed by atoms with van der Waals surface area (Å²) < 4.78 is 1.54. The second-order valence-electron chi connectivity index (χ2n) is 4.71. The van der Waals surface area contributed by atoms with E-state index in [1.54, 1.807) is 22.7 Å². The third-order valence-electron chi connectivity index (χ3n) is 2.10. The van der Waals surface area contributed by atoms with Crippen LogP contribution in [-0.2, 0) is 0 Å². The van der Waals surface area contributed by atoms with Crippen molar-refractivity contribution in [3.8, 4) is 0 Å². The molecular weight excluding hydrogens is 236 g/mol. The predicted octanol–water partition coefficient (Wildman–Crippen LogP) is 2.92. The number of nitrogens with zero attached hydrogens (tertiary/aromatic N) is 2. The van der Waals surface area contributed by atoms with Crippen molar-refractivity contribution >= 4 is 23.4 Å². The number of aromatic nitrogens is 2. The standard InChI is InChI=1S/C12H14N2O2S/c1-12(2,3)17-10-9(11(15)16)14-7-5-4-6-8(14)13-10/h4-7H,1-3H3,(H,15,16). The van der Waals surface area contributed by atoms with Crippen LogP contribution in [0.3, 0.4) is 0 Å². The monoisotopic (exact) mass is 250 g/mol. The molecule has 0 atom stereocenters. The van der Waals surface area contributed by atoms with E-state index in [1.165, 1.54) is 11.8 Å². The van der Waals surface area contributed by atoms with Crippen molar-refractivity contribution in [1.29, 1.82) is 0 Å². The minimum absolute atomic E-state index is 0.0673. The molecule has 0 radical (unpaired) electrons. The van der Waals surface area contributed by atoms with E-state index in [2.05, 4.69) is 4.98 Å². The van der Waals surface area contributed by atoms with Crippen LogP contribution in [0.4, 0.5) is 0 Å². The van der Waals surface area contributed by atoms with Crippen molar-refractivity contribution in [3.63, 3.8) is 0 Å². The van der Waals surface area contributed by atoms with E-state index in [-0.39, 0.29) is 10.4 Å². The third kappa shape index (κ3) is 2.44. The molecule has 0 aliphatic heterocycles. The Morgan fingerprint density at radius 3 is 2.71 bits per heavy atom. The van der Waals surface area contributed by atoms with Crippen LogP contribution in [0.1, 0.15) is 31.3 Å². The minimum atomic E-state index is -0.949. The molecule has 0 saturated heterocycles. The maximum Gasteiger partial charge on any atom is 0.355 e. The number of thioether (sulfide) groups is 1. The minimum Gasteiger partial charge on any atom is -0.476 e. The van der Waals surface area contributed by atoms with E-state index in [0.29, 0.717) is 10.7 Å². The van der Waals surface area contributed by atoms with Gasteiger partial charge in [0.15, 0.2) is 5.69 Å². The van der Waals surface area contributed by atoms with Gasteiger partial charge in [-0.1, -0.05) is 38.6 Å². The summed E-state index contributed by atoms with van der Waals surface area (Å²) in [6.45, 7) is 6.11. The fourth-order valence-corrected chi connectivity index (χ4v) is 2.53. The molecule has 0 fully saturated rings. The van der Waals surface area contributed by atoms with Crippen LogP contribution < -0.4 is 0 Å². The van der Waals surface area contributed by atoms with Crippen LogP contribution in [0.5, 0.6) is 0 Å². The maximum absolute atomic E-state index is 11.3. The van der Waals surface area contributed by atoms with Gasteiger partial charge in [0.2, 0.25) is 0 Å². The Balaban J connectivity index is 2.62. The summed E-state index contributed by atoms with van der Waals surface area (Å²) in [7, 11) is 0. The van der Waals surface area contributed by atoms with Crippen LogP contribution in [0.15, 0.2) is 29.4 Å². The van der Waals surface area contributed by atoms with Crippen LogP contribution in [0.25, 0.3) is 5.65 Å². The van der Waals surface area contributed by atoms with Gasteiger partial charge in [0, 0.05) is 10.9 Å². The lowest BCUT2D eigenvalue weighted by molar-refractivity contribution is 0.0685. The largest absolute Gasteiger partial charge is 0.476 e. The number of hydrogen-bond acceptors (Lipinski definition) is 3. The van der Waals surface area contributed by atoms with Gasteiger partial charge >= 0.3 is 5.97 Å². The molecule has 0 aromatic carbocycles. The Hall–Kier alpha value is -1.49. The molecule has 4 nitrogen and oxygen atoms in total. The van der Waals surface area contributed by atoms with Gasteiger partial charge in [0.25, 0.3) is 0 Å². The molecule has 1 N–H and O–H groups in total. The zero-order valence-electron chi connectivity index (χ0n) is 9.97. The molecule has 0 amide bonds. The number of carbonyl (C=O) groups is 1. The van der Waals surface area contributed by atoms with E-state index >= 15 is 0 Å². The number of carboxylic acids is 1. The van der Waals surface area contributed by atoms with E-state index in [4.69, 9.17) is 0 Å². The Morgan fingerprint density at radius 2 is 2.12 bits per heavy atom. The van der Waals surface area contributed by atoms with Gasteiger partial charge in [-0.05, 0) is 12.1 Å². The van der Waals surface area contributed by atoms with Gasteiger partial charge in [0.1, 0.15) is 10.7 Å². The zero-order chi connectivity index (χ0) is 12.6. The van der Waals surface area contributed by atoms with Gasteiger partial charge in [0.05, 0.1) is 0 Å². The average Bonchev–Trinajstić information content (AvgIpc) is 2.51. The molecule has 0 saturated carbocycles. The van der Waals surface area contributed by atoms with Gasteiger partial charge in [-0.15, -0.1) is 0 Å². The van der Waals surface area contributed by atoms with Crippen molar-refractivity contribution in [1.82, 2.24) is 9.38 Å². The van der Waals surface area contributed by atoms with Gasteiger partial charge in [-0.25, -0.2) is 9.78 Å². The molecule has 2 rings (SSSR count). The van der Waals surface area contributed by atoms with E-state index in [1.807, 2.05) is 26.8 Å². The number of fused-ring (bicyclic) bond motifs is 1. The number of carboxylic acid groups (broad SMARTS) is 1. The molecule has 2 aromatic rings. The zero-order valence-corrected chi connectivity index (χ0v) is 10.8. The van der Waals surface area contributed by atoms with Gasteiger partial charge in [-0.3, -0.25) is 4.40 Å². The lowest BCUT2D eigenvalue weighted by atomic mass is 10.3. The van der Waals surface area contributed by atoms with E-state index in [0.717, 1.165) is 0 Å². The Morgan fingerprint density at radius 1 is 1.41 bits per heavy atom. The molecule has 0 unspecified atom stereocenters. The Kier molecular flexibility index (Phi) is 2.87. The highest BCUT2D eigenvalue weighted by Crippen LogP contribution is 2.33. The number of hydrogen-bond donors (Lipinski definition) is 1. The van der Waals surface area contributed by atoms with Gasteiger partial charge < -0.3 is 5.11 Å². The first-order valence-corrected chi connectivity index (χ1v) is 6.09. The van der Waals surface area contributed by atoms with Crippen LogP contribution in [0, 0.1) is 0 Å². The summed E-state index contributed by atoms with van der Waals surface area (Å²) in [4.78, 5) is 15.7. The first kappa shape index (κ1) is 12.0. The van der Waals surface area contributed by atoms with Crippen molar-refractivity contribution in [2.75, 3.05) is 0 Å².